The molecule has 1 aromatic carbocycles. The van der Waals surface area contributed by atoms with E-state index in [1.54, 1.807) is 7.11 Å². The third-order valence-electron chi connectivity index (χ3n) is 1.83. The van der Waals surface area contributed by atoms with Crippen LogP contribution in [0.5, 0.6) is 0 Å². The van der Waals surface area contributed by atoms with Crippen LogP contribution in [0.25, 0.3) is 0 Å². The summed E-state index contributed by atoms with van der Waals surface area (Å²) in [5.74, 6) is -0.352. The van der Waals surface area contributed by atoms with Crippen molar-refractivity contribution in [2.45, 2.75) is 6.42 Å². The first-order valence-electron chi connectivity index (χ1n) is 4.52. The van der Waals surface area contributed by atoms with E-state index in [9.17, 15) is 4.39 Å². The van der Waals surface area contributed by atoms with Crippen molar-refractivity contribution in [3.63, 3.8) is 0 Å². The van der Waals surface area contributed by atoms with Crippen molar-refractivity contribution in [1.29, 1.82) is 0 Å². The number of benzene rings is 1. The molecule has 0 aromatic heterocycles. The number of rotatable bonds is 5. The molecular weight excluding hydrogens is 284 g/mol. The first-order chi connectivity index (χ1) is 7.15. The average molecular weight is 297 g/mol. The largest absolute Gasteiger partial charge is 0.385 e. The highest BCUT2D eigenvalue weighted by atomic mass is 79.9. The molecule has 0 amide bonds. The van der Waals surface area contributed by atoms with Crippen LogP contribution in [0.15, 0.2) is 16.6 Å². The molecule has 0 atom stereocenters. The van der Waals surface area contributed by atoms with E-state index >= 15 is 0 Å². The van der Waals surface area contributed by atoms with Crippen molar-refractivity contribution in [3.05, 3.63) is 27.4 Å². The molecule has 0 fully saturated rings. The monoisotopic (exact) mass is 295 g/mol. The second-order valence-electron chi connectivity index (χ2n) is 3.02. The molecule has 0 unspecified atom stereocenters. The van der Waals surface area contributed by atoms with Gasteiger partial charge in [-0.3, -0.25) is 0 Å². The highest BCUT2D eigenvalue weighted by molar-refractivity contribution is 9.10. The fourth-order valence-electron chi connectivity index (χ4n) is 1.14. The van der Waals surface area contributed by atoms with E-state index in [0.717, 1.165) is 13.0 Å². The van der Waals surface area contributed by atoms with E-state index in [1.165, 1.54) is 12.1 Å². The number of anilines is 1. The minimum atomic E-state index is -0.352. The molecule has 0 saturated heterocycles. The number of ether oxygens (including phenoxy) is 1. The first-order valence-corrected chi connectivity index (χ1v) is 5.69. The van der Waals surface area contributed by atoms with E-state index in [-0.39, 0.29) is 5.82 Å². The molecule has 84 valence electrons. The molecule has 0 aliphatic carbocycles. The Kier molecular flexibility index (Phi) is 5.36. The zero-order chi connectivity index (χ0) is 11.3. The summed E-state index contributed by atoms with van der Waals surface area (Å²) < 4.78 is 18.4. The molecule has 0 heterocycles. The maximum absolute atomic E-state index is 12.9. The first kappa shape index (κ1) is 12.7. The standard InChI is InChI=1S/C10H12BrClFNO/c1-15-4-2-3-14-10-8(11)5-7(13)6-9(10)12/h5-6,14H,2-4H2,1H3. The number of nitrogens with one attached hydrogen (secondary N) is 1. The minimum absolute atomic E-state index is 0.352. The van der Waals surface area contributed by atoms with E-state index in [2.05, 4.69) is 21.2 Å². The Morgan fingerprint density at radius 2 is 2.27 bits per heavy atom. The SMILES string of the molecule is COCCCNc1c(Cl)cc(F)cc1Br. The van der Waals surface area contributed by atoms with E-state index in [1.807, 2.05) is 0 Å². The number of hydrogen-bond acceptors (Lipinski definition) is 2. The molecule has 1 N–H and O–H groups in total. The van der Waals surface area contributed by atoms with Gasteiger partial charge in [-0.2, -0.15) is 0 Å². The molecule has 0 aliphatic heterocycles. The summed E-state index contributed by atoms with van der Waals surface area (Å²) >= 11 is 9.13. The molecule has 0 bridgehead atoms. The second kappa shape index (κ2) is 6.30. The summed E-state index contributed by atoms with van der Waals surface area (Å²) in [6.07, 6.45) is 0.872. The number of halogens is 3. The molecule has 0 spiro atoms. The van der Waals surface area contributed by atoms with Gasteiger partial charge in [-0.25, -0.2) is 4.39 Å². The summed E-state index contributed by atoms with van der Waals surface area (Å²) in [5.41, 5.74) is 0.717. The number of hydrogen-bond donors (Lipinski definition) is 1. The Balaban J connectivity index is 2.60. The van der Waals surface area contributed by atoms with Gasteiger partial charge in [0, 0.05) is 24.7 Å². The van der Waals surface area contributed by atoms with Crippen molar-refractivity contribution in [3.8, 4) is 0 Å². The third kappa shape index (κ3) is 3.97. The molecule has 5 heteroatoms. The van der Waals surface area contributed by atoms with Gasteiger partial charge < -0.3 is 10.1 Å². The van der Waals surface area contributed by atoms with Gasteiger partial charge in [0.25, 0.3) is 0 Å². The highest BCUT2D eigenvalue weighted by Gasteiger charge is 2.06. The molecule has 0 saturated carbocycles. The van der Waals surface area contributed by atoms with E-state index in [4.69, 9.17) is 16.3 Å². The fourth-order valence-corrected chi connectivity index (χ4v) is 2.10. The molecule has 15 heavy (non-hydrogen) atoms. The van der Waals surface area contributed by atoms with Gasteiger partial charge in [0.1, 0.15) is 5.82 Å². The minimum Gasteiger partial charge on any atom is -0.385 e. The molecule has 1 rings (SSSR count). The molecule has 2 nitrogen and oxygen atoms in total. The van der Waals surface area contributed by atoms with Crippen LogP contribution in [-0.2, 0) is 4.74 Å². The van der Waals surface area contributed by atoms with Gasteiger partial charge in [-0.05, 0) is 34.5 Å². The Morgan fingerprint density at radius 1 is 1.53 bits per heavy atom. The van der Waals surface area contributed by atoms with Gasteiger partial charge in [-0.15, -0.1) is 0 Å². The lowest BCUT2D eigenvalue weighted by Crippen LogP contribution is -2.05. The lowest BCUT2D eigenvalue weighted by atomic mass is 10.3. The van der Waals surface area contributed by atoms with Crippen molar-refractivity contribution in [2.24, 2.45) is 0 Å². The van der Waals surface area contributed by atoms with Crippen LogP contribution < -0.4 is 5.32 Å². The zero-order valence-electron chi connectivity index (χ0n) is 8.32. The zero-order valence-corrected chi connectivity index (χ0v) is 10.7. The van der Waals surface area contributed by atoms with Crippen LogP contribution in [0.4, 0.5) is 10.1 Å². The second-order valence-corrected chi connectivity index (χ2v) is 4.28. The fraction of sp³-hybridized carbons (Fsp3) is 0.400. The van der Waals surface area contributed by atoms with Crippen LogP contribution >= 0.6 is 27.5 Å². The molecule has 0 aliphatic rings. The van der Waals surface area contributed by atoms with Crippen LogP contribution in [-0.4, -0.2) is 20.3 Å². The normalized spacial score (nSPS) is 10.4. The van der Waals surface area contributed by atoms with Crippen molar-refractivity contribution in [2.75, 3.05) is 25.6 Å². The Bertz CT molecular complexity index is 312. The quantitative estimate of drug-likeness (QED) is 0.837. The molecular formula is C10H12BrClFNO. The number of methoxy groups -OCH3 is 1. The summed E-state index contributed by atoms with van der Waals surface area (Å²) in [6.45, 7) is 1.42. The average Bonchev–Trinajstić information content (AvgIpc) is 2.15. The van der Waals surface area contributed by atoms with Gasteiger partial charge in [0.2, 0.25) is 0 Å². The van der Waals surface area contributed by atoms with E-state index in [0.29, 0.717) is 21.8 Å². The third-order valence-corrected chi connectivity index (χ3v) is 2.76. The van der Waals surface area contributed by atoms with Gasteiger partial charge in [-0.1, -0.05) is 11.6 Å². The smallest absolute Gasteiger partial charge is 0.125 e. The van der Waals surface area contributed by atoms with E-state index < -0.39 is 0 Å². The van der Waals surface area contributed by atoms with Crippen LogP contribution in [0.1, 0.15) is 6.42 Å². The predicted octanol–water partition coefficient (Wildman–Crippen LogP) is 3.69. The highest BCUT2D eigenvalue weighted by Crippen LogP contribution is 2.31. The maximum Gasteiger partial charge on any atom is 0.125 e. The van der Waals surface area contributed by atoms with Crippen molar-refractivity contribution in [1.82, 2.24) is 0 Å². The summed E-state index contributed by atoms with van der Waals surface area (Å²) in [7, 11) is 1.65. The van der Waals surface area contributed by atoms with Gasteiger partial charge in [0.05, 0.1) is 10.7 Å². The Labute approximate surface area is 102 Å². The lowest BCUT2D eigenvalue weighted by Gasteiger charge is -2.10. The topological polar surface area (TPSA) is 21.3 Å². The predicted molar refractivity (Wildman–Crippen MR) is 64.1 cm³/mol. The van der Waals surface area contributed by atoms with Gasteiger partial charge in [0.15, 0.2) is 0 Å². The molecule has 0 radical (unpaired) electrons. The summed E-state index contributed by atoms with van der Waals surface area (Å²) in [4.78, 5) is 0. The maximum atomic E-state index is 12.9. The summed E-state index contributed by atoms with van der Waals surface area (Å²) in [6, 6.07) is 2.66. The van der Waals surface area contributed by atoms with Crippen molar-refractivity contribution >= 4 is 33.2 Å². The van der Waals surface area contributed by atoms with Crippen molar-refractivity contribution < 1.29 is 9.13 Å². The Morgan fingerprint density at radius 3 is 2.87 bits per heavy atom. The Hall–Kier alpha value is -0.320. The lowest BCUT2D eigenvalue weighted by molar-refractivity contribution is 0.198. The van der Waals surface area contributed by atoms with Gasteiger partial charge >= 0.3 is 0 Å². The van der Waals surface area contributed by atoms with Crippen LogP contribution in [0, 0.1) is 5.82 Å². The van der Waals surface area contributed by atoms with Crippen LogP contribution in [0.2, 0.25) is 5.02 Å². The summed E-state index contributed by atoms with van der Waals surface area (Å²) in [5, 5.41) is 3.49. The van der Waals surface area contributed by atoms with Crippen LogP contribution in [0.3, 0.4) is 0 Å². The molecule has 1 aromatic rings.